The molecule has 0 radical (unpaired) electrons. The number of nitrogens with two attached hydrogens (primary N) is 1. The summed E-state index contributed by atoms with van der Waals surface area (Å²) in [5, 5.41) is 9.35. The van der Waals surface area contributed by atoms with E-state index in [0.29, 0.717) is 35.8 Å². The Labute approximate surface area is 123 Å². The number of fused-ring (bicyclic) bond motifs is 1. The van der Waals surface area contributed by atoms with Gasteiger partial charge in [-0.05, 0) is 26.0 Å². The average Bonchev–Trinajstić information content (AvgIpc) is 2.80. The number of anilines is 1. The fourth-order valence-electron chi connectivity index (χ4n) is 2.91. The van der Waals surface area contributed by atoms with Crippen LogP contribution >= 0.6 is 0 Å². The van der Waals surface area contributed by atoms with E-state index in [1.807, 2.05) is 32.0 Å². The van der Waals surface area contributed by atoms with Crippen LogP contribution in [0.15, 0.2) is 22.6 Å². The lowest BCUT2D eigenvalue weighted by atomic mass is 10.1. The van der Waals surface area contributed by atoms with E-state index in [-0.39, 0.29) is 18.3 Å². The number of morpholine rings is 1. The van der Waals surface area contributed by atoms with E-state index in [2.05, 4.69) is 9.88 Å². The number of oxazole rings is 1. The van der Waals surface area contributed by atoms with E-state index in [1.165, 1.54) is 0 Å². The average molecular weight is 291 g/mol. The van der Waals surface area contributed by atoms with Gasteiger partial charge in [-0.2, -0.15) is 0 Å². The molecule has 3 rings (SSSR count). The van der Waals surface area contributed by atoms with Gasteiger partial charge >= 0.3 is 0 Å². The molecule has 0 saturated carbocycles. The van der Waals surface area contributed by atoms with Gasteiger partial charge in [0.1, 0.15) is 5.52 Å². The molecule has 0 spiro atoms. The molecule has 1 fully saturated rings. The van der Waals surface area contributed by atoms with Crippen LogP contribution in [-0.2, 0) is 11.3 Å². The van der Waals surface area contributed by atoms with Gasteiger partial charge in [-0.3, -0.25) is 4.90 Å². The normalized spacial score (nSPS) is 22.7. The molecule has 21 heavy (non-hydrogen) atoms. The summed E-state index contributed by atoms with van der Waals surface area (Å²) in [7, 11) is 0. The number of nitrogen functional groups attached to an aromatic ring is 1. The number of para-hydroxylation sites is 1. The van der Waals surface area contributed by atoms with E-state index in [1.54, 1.807) is 0 Å². The molecule has 1 aliphatic heterocycles. The van der Waals surface area contributed by atoms with Gasteiger partial charge in [-0.25, -0.2) is 4.98 Å². The quantitative estimate of drug-likeness (QED) is 0.831. The molecule has 1 atom stereocenters. The largest absolute Gasteiger partial charge is 0.439 e. The highest BCUT2D eigenvalue weighted by molar-refractivity contribution is 5.85. The van der Waals surface area contributed by atoms with E-state index < -0.39 is 0 Å². The zero-order valence-electron chi connectivity index (χ0n) is 12.4. The van der Waals surface area contributed by atoms with Crippen molar-refractivity contribution in [3.8, 4) is 0 Å². The van der Waals surface area contributed by atoms with Crippen LogP contribution in [-0.4, -0.2) is 46.4 Å². The van der Waals surface area contributed by atoms with Crippen molar-refractivity contribution in [1.82, 2.24) is 9.88 Å². The summed E-state index contributed by atoms with van der Waals surface area (Å²) < 4.78 is 11.6. The Hall–Kier alpha value is -1.63. The highest BCUT2D eigenvalue weighted by atomic mass is 16.5. The predicted octanol–water partition coefficient (Wildman–Crippen LogP) is 1.38. The molecule has 6 heteroatoms. The van der Waals surface area contributed by atoms with Crippen LogP contribution in [0.3, 0.4) is 0 Å². The third-order valence-electron chi connectivity index (χ3n) is 3.61. The Balaban J connectivity index is 1.79. The molecule has 2 heterocycles. The van der Waals surface area contributed by atoms with Crippen LogP contribution < -0.4 is 5.73 Å². The van der Waals surface area contributed by atoms with Gasteiger partial charge < -0.3 is 20.0 Å². The first-order chi connectivity index (χ1) is 9.97. The van der Waals surface area contributed by atoms with Gasteiger partial charge in [0.05, 0.1) is 30.5 Å². The molecule has 1 aliphatic rings. The fraction of sp³-hybridized carbons (Fsp3) is 0.533. The number of hydrogen-bond acceptors (Lipinski definition) is 6. The van der Waals surface area contributed by atoms with Crippen molar-refractivity contribution in [2.24, 2.45) is 0 Å². The van der Waals surface area contributed by atoms with Gasteiger partial charge in [-0.15, -0.1) is 0 Å². The molecule has 6 nitrogen and oxygen atoms in total. The first-order valence-electron chi connectivity index (χ1n) is 7.12. The SMILES string of the molecule is CC1(C)CN(Cc2nc3c(N)cccc3o2)CC(CO)O1. The summed E-state index contributed by atoms with van der Waals surface area (Å²) in [5.74, 6) is 0.636. The third-order valence-corrected chi connectivity index (χ3v) is 3.61. The Kier molecular flexibility index (Phi) is 3.61. The molecule has 1 saturated heterocycles. The van der Waals surface area contributed by atoms with Crippen LogP contribution in [0.25, 0.3) is 11.1 Å². The van der Waals surface area contributed by atoms with Crippen molar-refractivity contribution in [3.05, 3.63) is 24.1 Å². The van der Waals surface area contributed by atoms with Crippen molar-refractivity contribution < 1.29 is 14.3 Å². The molecular formula is C15H21N3O3. The number of aliphatic hydroxyl groups excluding tert-OH is 1. The van der Waals surface area contributed by atoms with E-state index >= 15 is 0 Å². The topological polar surface area (TPSA) is 84.8 Å². The van der Waals surface area contributed by atoms with E-state index in [9.17, 15) is 5.11 Å². The zero-order chi connectivity index (χ0) is 15.0. The summed E-state index contributed by atoms with van der Waals surface area (Å²) >= 11 is 0. The molecule has 0 bridgehead atoms. The maximum absolute atomic E-state index is 9.35. The monoisotopic (exact) mass is 291 g/mol. The second kappa shape index (κ2) is 5.29. The van der Waals surface area contributed by atoms with Crippen LogP contribution in [0.5, 0.6) is 0 Å². The predicted molar refractivity (Wildman–Crippen MR) is 79.7 cm³/mol. The smallest absolute Gasteiger partial charge is 0.209 e. The van der Waals surface area contributed by atoms with Gasteiger partial charge in [0.25, 0.3) is 0 Å². The van der Waals surface area contributed by atoms with Gasteiger partial charge in [0.15, 0.2) is 5.58 Å². The molecule has 114 valence electrons. The molecule has 1 unspecified atom stereocenters. The summed E-state index contributed by atoms with van der Waals surface area (Å²) in [5.41, 5.74) is 7.64. The molecular weight excluding hydrogens is 270 g/mol. The number of benzene rings is 1. The molecule has 0 amide bonds. The maximum atomic E-state index is 9.35. The van der Waals surface area contributed by atoms with Crippen LogP contribution in [0, 0.1) is 0 Å². The van der Waals surface area contributed by atoms with Crippen molar-refractivity contribution in [1.29, 1.82) is 0 Å². The lowest BCUT2D eigenvalue weighted by molar-refractivity contribution is -0.151. The van der Waals surface area contributed by atoms with E-state index in [4.69, 9.17) is 14.9 Å². The zero-order valence-corrected chi connectivity index (χ0v) is 12.4. The molecule has 0 aliphatic carbocycles. The number of aromatic nitrogens is 1. The number of ether oxygens (including phenoxy) is 1. The maximum Gasteiger partial charge on any atom is 0.209 e. The third kappa shape index (κ3) is 3.02. The lowest BCUT2D eigenvalue weighted by Gasteiger charge is -2.41. The highest BCUT2D eigenvalue weighted by Gasteiger charge is 2.33. The second-order valence-electron chi connectivity index (χ2n) is 6.15. The first kappa shape index (κ1) is 14.3. The summed E-state index contributed by atoms with van der Waals surface area (Å²) in [4.78, 5) is 6.65. The number of rotatable bonds is 3. The van der Waals surface area contributed by atoms with Crippen molar-refractivity contribution in [2.75, 3.05) is 25.4 Å². The lowest BCUT2D eigenvalue weighted by Crippen LogP contribution is -2.53. The van der Waals surface area contributed by atoms with Crippen LogP contribution in [0.1, 0.15) is 19.7 Å². The summed E-state index contributed by atoms with van der Waals surface area (Å²) in [6.45, 7) is 6.06. The van der Waals surface area contributed by atoms with Gasteiger partial charge in [0.2, 0.25) is 5.89 Å². The molecule has 1 aromatic carbocycles. The molecule has 1 aromatic heterocycles. The second-order valence-corrected chi connectivity index (χ2v) is 6.15. The van der Waals surface area contributed by atoms with Crippen LogP contribution in [0.4, 0.5) is 5.69 Å². The Morgan fingerprint density at radius 2 is 2.29 bits per heavy atom. The highest BCUT2D eigenvalue weighted by Crippen LogP contribution is 2.25. The fourth-order valence-corrected chi connectivity index (χ4v) is 2.91. The number of hydrogen-bond donors (Lipinski definition) is 2. The Morgan fingerprint density at radius 3 is 3.00 bits per heavy atom. The minimum absolute atomic E-state index is 0.0143. The van der Waals surface area contributed by atoms with Crippen molar-refractivity contribution in [3.63, 3.8) is 0 Å². The van der Waals surface area contributed by atoms with Crippen molar-refractivity contribution in [2.45, 2.75) is 32.1 Å². The van der Waals surface area contributed by atoms with Gasteiger partial charge in [0, 0.05) is 13.1 Å². The van der Waals surface area contributed by atoms with Crippen LogP contribution in [0.2, 0.25) is 0 Å². The van der Waals surface area contributed by atoms with E-state index in [0.717, 1.165) is 6.54 Å². The summed E-state index contributed by atoms with van der Waals surface area (Å²) in [6.07, 6.45) is -0.178. The Bertz CT molecular complexity index is 638. The first-order valence-corrected chi connectivity index (χ1v) is 7.12. The standard InChI is InChI=1S/C15H21N3O3/c1-15(2)9-18(6-10(8-19)21-15)7-13-17-14-11(16)4-3-5-12(14)20-13/h3-5,10,19H,6-9,16H2,1-2H3. The van der Waals surface area contributed by atoms with Gasteiger partial charge in [-0.1, -0.05) is 6.07 Å². The minimum Gasteiger partial charge on any atom is -0.439 e. The molecule has 3 N–H and O–H groups in total. The summed E-state index contributed by atoms with van der Waals surface area (Å²) in [6, 6.07) is 5.53. The number of aliphatic hydroxyl groups is 1. The number of nitrogens with zero attached hydrogens (tertiary/aromatic N) is 2. The minimum atomic E-state index is -0.295. The molecule has 2 aromatic rings. The Morgan fingerprint density at radius 1 is 1.48 bits per heavy atom. The van der Waals surface area contributed by atoms with Crippen molar-refractivity contribution >= 4 is 16.8 Å².